The van der Waals surface area contributed by atoms with Crippen molar-refractivity contribution in [3.63, 3.8) is 0 Å². The van der Waals surface area contributed by atoms with Crippen molar-refractivity contribution in [2.24, 2.45) is 0 Å². The van der Waals surface area contributed by atoms with E-state index in [1.807, 2.05) is 41.5 Å². The zero-order chi connectivity index (χ0) is 60.1. The Morgan fingerprint density at radius 3 is 0.833 bits per heavy atom. The van der Waals surface area contributed by atoms with Crippen LogP contribution in [0.3, 0.4) is 0 Å². The topological polar surface area (TPSA) is 80.3 Å². The molecule has 432 valence electrons. The molecule has 9 rings (SSSR count). The van der Waals surface area contributed by atoms with Crippen LogP contribution in [0.2, 0.25) is 0 Å². The minimum absolute atomic E-state index is 0.00632. The Morgan fingerprint density at radius 1 is 0.357 bits per heavy atom. The quantitative estimate of drug-likeness (QED) is 0.0325. The second-order valence-electron chi connectivity index (χ2n) is 22.4. The molecule has 0 heterocycles. The molecule has 9 aromatic carbocycles. The fourth-order valence-corrected chi connectivity index (χ4v) is 21.8. The number of carbonyl (C=O) groups is 2. The van der Waals surface area contributed by atoms with Crippen molar-refractivity contribution in [2.75, 3.05) is 12.3 Å². The summed E-state index contributed by atoms with van der Waals surface area (Å²) in [5.41, 5.74) is -4.06. The van der Waals surface area contributed by atoms with Gasteiger partial charge in [0.15, 0.2) is 0 Å². The number of ketones is 2. The van der Waals surface area contributed by atoms with Gasteiger partial charge < -0.3 is 0 Å². The van der Waals surface area contributed by atoms with Crippen LogP contribution >= 0.6 is 13.7 Å². The van der Waals surface area contributed by atoms with E-state index in [1.54, 1.807) is 231 Å². The molecule has 0 fully saturated rings. The van der Waals surface area contributed by atoms with Crippen molar-refractivity contribution in [1.82, 2.24) is 0 Å². The Kier molecular flexibility index (Phi) is 17.1. The Morgan fingerprint density at radius 2 is 0.607 bits per heavy atom. The standard InChI is InChI=1S/C68H63BF6O7P2/c1-65(2,3)78-54-41-37-50(38-42-54)63(76)48-83(57-25-13-7-14-26-57,58-27-15-8-16-28-58,59-29-17-9-18-30-59)81-69(80-56-46-52(67(70,71)72)45-53(47-56)68(73,74)75)82-84(60-31-19-10-20-32-60,61-33-21-11-22-34-61,62-35-23-12-24-36-62)49-64(77)51-39-43-55(44-40-51)79-66(4,5)6/h7-47H,48-49H2,1-6H3. The van der Waals surface area contributed by atoms with Crippen molar-refractivity contribution < 1.29 is 58.9 Å². The van der Waals surface area contributed by atoms with E-state index in [2.05, 4.69) is 0 Å². The van der Waals surface area contributed by atoms with Gasteiger partial charge in [0.2, 0.25) is 0 Å². The number of hydrogen-bond donors (Lipinski definition) is 0. The van der Waals surface area contributed by atoms with Gasteiger partial charge in [0.05, 0.1) is 0 Å². The summed E-state index contributed by atoms with van der Waals surface area (Å²) in [4.78, 5) is 32.0. The number of carbonyl (C=O) groups excluding carboxylic acids is 2. The summed E-state index contributed by atoms with van der Waals surface area (Å²) in [5.74, 6) is -0.907. The molecule has 0 atom stereocenters. The molecule has 0 unspecified atom stereocenters. The molecule has 16 heteroatoms. The van der Waals surface area contributed by atoms with E-state index in [9.17, 15) is 0 Å². The van der Waals surface area contributed by atoms with E-state index in [0.717, 1.165) is 0 Å². The van der Waals surface area contributed by atoms with Crippen molar-refractivity contribution in [2.45, 2.75) is 65.1 Å². The van der Waals surface area contributed by atoms with Crippen LogP contribution in [0, 0.1) is 0 Å². The van der Waals surface area contributed by atoms with Crippen LogP contribution in [-0.4, -0.2) is 42.4 Å². The van der Waals surface area contributed by atoms with Crippen molar-refractivity contribution in [3.05, 3.63) is 271 Å². The SMILES string of the molecule is CC(C)(C)Oc1ccc(C(=O)CP(OB(Oc2cc(C(F)(F)F)cc(C(F)(F)F)c2)OP(CC(=O)c2ccc(OC(C)(C)C)cc2)(c2ccccc2)(c2ccccc2)c2ccccc2)(c2ccccc2)(c2ccccc2)c2ccccc2)cc1. The summed E-state index contributed by atoms with van der Waals surface area (Å²) in [5, 5.41) is 2.46. The van der Waals surface area contributed by atoms with Gasteiger partial charge in [-0.2, -0.15) is 0 Å². The average molecular weight is 1180 g/mol. The fourth-order valence-electron chi connectivity index (χ4n) is 10.7. The monoisotopic (exact) mass is 1180 g/mol. The van der Waals surface area contributed by atoms with E-state index in [0.29, 0.717) is 55.5 Å². The molecule has 7 nitrogen and oxygen atoms in total. The summed E-state index contributed by atoms with van der Waals surface area (Å²) in [6.45, 7) is 0.594. The van der Waals surface area contributed by atoms with Crippen molar-refractivity contribution in [1.29, 1.82) is 0 Å². The maximum atomic E-state index is 16.0. The first-order chi connectivity index (χ1) is 39.8. The molecular weight excluding hydrogens is 1120 g/mol. The van der Waals surface area contributed by atoms with Crippen LogP contribution < -0.4 is 46.0 Å². The Bertz CT molecular complexity index is 3260. The molecule has 0 spiro atoms. The van der Waals surface area contributed by atoms with Gasteiger partial charge >= 0.3 is 489 Å². The molecular formula is C68H63BF6O7P2. The molecule has 0 saturated heterocycles. The first-order valence-corrected chi connectivity index (χ1v) is 31.8. The molecule has 0 N–H and O–H groups in total. The van der Waals surface area contributed by atoms with Gasteiger partial charge in [0, 0.05) is 0 Å². The predicted molar refractivity (Wildman–Crippen MR) is 327 cm³/mol. The molecule has 0 saturated carbocycles. The van der Waals surface area contributed by atoms with Crippen LogP contribution in [0.25, 0.3) is 0 Å². The van der Waals surface area contributed by atoms with E-state index >= 15 is 35.9 Å². The third-order valence-corrected chi connectivity index (χ3v) is 25.7. The number of rotatable bonds is 20. The van der Waals surface area contributed by atoms with Crippen LogP contribution in [0.15, 0.2) is 249 Å². The molecule has 0 bridgehead atoms. The third kappa shape index (κ3) is 12.5. The molecule has 9 aromatic rings. The molecule has 0 amide bonds. The summed E-state index contributed by atoms with van der Waals surface area (Å²) in [7, 11) is -2.42. The van der Waals surface area contributed by atoms with E-state index in [4.69, 9.17) is 23.0 Å². The Labute approximate surface area is 486 Å². The normalized spacial score (nSPS) is 13.3. The molecule has 84 heavy (non-hydrogen) atoms. The minimum atomic E-state index is -5.37. The van der Waals surface area contributed by atoms with Gasteiger partial charge in [-0.3, -0.25) is 0 Å². The molecule has 0 aliphatic rings. The second-order valence-corrected chi connectivity index (χ2v) is 31.4. The maximum absolute atomic E-state index is 16.0. The number of alkyl halides is 6. The van der Waals surface area contributed by atoms with Crippen molar-refractivity contribution in [3.8, 4) is 17.2 Å². The Hall–Kier alpha value is -7.86. The van der Waals surface area contributed by atoms with Crippen LogP contribution in [0.4, 0.5) is 26.3 Å². The molecule has 0 radical (unpaired) electrons. The summed E-state index contributed by atoms with van der Waals surface area (Å²) in [6.07, 6.45) is -11.7. The second kappa shape index (κ2) is 23.7. The summed E-state index contributed by atoms with van der Waals surface area (Å²) >= 11 is 0. The first-order valence-electron chi connectivity index (χ1n) is 27.2. The zero-order valence-electron chi connectivity index (χ0n) is 47.2. The molecule has 0 aromatic heterocycles. The zero-order valence-corrected chi connectivity index (χ0v) is 49.0. The number of benzene rings is 9. The fraction of sp³-hybridized carbons (Fsp3) is 0.176. The van der Waals surface area contributed by atoms with E-state index in [1.165, 1.54) is 0 Å². The number of hydrogen-bond acceptors (Lipinski definition) is 7. The summed E-state index contributed by atoms with van der Waals surface area (Å²) in [6, 6.07) is 67.1. The van der Waals surface area contributed by atoms with Gasteiger partial charge in [-0.25, -0.2) is 0 Å². The van der Waals surface area contributed by atoms with Crippen LogP contribution in [0.5, 0.6) is 17.2 Å². The van der Waals surface area contributed by atoms with Gasteiger partial charge in [-0.1, -0.05) is 0 Å². The van der Waals surface area contributed by atoms with Crippen LogP contribution in [0.1, 0.15) is 73.4 Å². The van der Waals surface area contributed by atoms with Crippen LogP contribution in [-0.2, 0) is 21.2 Å². The number of halogens is 6. The first kappa shape index (κ1) is 60.7. The van der Waals surface area contributed by atoms with Gasteiger partial charge in [-0.05, 0) is 0 Å². The third-order valence-electron chi connectivity index (χ3n) is 14.3. The summed E-state index contributed by atoms with van der Waals surface area (Å²) < 4.78 is 126. The average Bonchev–Trinajstić information content (AvgIpc) is 0.706. The molecule has 0 aliphatic heterocycles. The molecule has 0 aliphatic carbocycles. The van der Waals surface area contributed by atoms with Gasteiger partial charge in [-0.15, -0.1) is 0 Å². The van der Waals surface area contributed by atoms with Gasteiger partial charge in [0.1, 0.15) is 0 Å². The number of Topliss-reactive ketones (excluding diaryl/α,β-unsaturated/α-hetero) is 2. The Balaban J connectivity index is 1.43. The number of ether oxygens (including phenoxy) is 2. The van der Waals surface area contributed by atoms with E-state index in [-0.39, 0.29) is 17.2 Å². The van der Waals surface area contributed by atoms with E-state index < -0.39 is 85.3 Å². The van der Waals surface area contributed by atoms with Crippen molar-refractivity contribution >= 4 is 64.4 Å². The van der Waals surface area contributed by atoms with Gasteiger partial charge in [0.25, 0.3) is 0 Å². The predicted octanol–water partition coefficient (Wildman–Crippen LogP) is 15.1.